The van der Waals surface area contributed by atoms with Gasteiger partial charge in [-0.1, -0.05) is 26.2 Å². The molecule has 0 fully saturated rings. The molecule has 2 rings (SSSR count). The van der Waals surface area contributed by atoms with Crippen LogP contribution in [0, 0.1) is 0 Å². The van der Waals surface area contributed by atoms with E-state index in [1.165, 1.54) is 19.9 Å². The number of ether oxygens (including phenoxy) is 1. The smallest absolute Gasteiger partial charge is 0.347 e. The minimum atomic E-state index is -0.681. The Labute approximate surface area is 140 Å². The average Bonchev–Trinajstić information content (AvgIpc) is 2.50. The quantitative estimate of drug-likeness (QED) is 0.252. The number of fused-ring (bicyclic) bond motifs is 1. The van der Waals surface area contributed by atoms with Crippen LogP contribution < -0.4 is 10.4 Å². The summed E-state index contributed by atoms with van der Waals surface area (Å²) in [5.41, 5.74) is 0.523. The summed E-state index contributed by atoms with van der Waals surface area (Å²) < 4.78 is 10.5. The fraction of sp³-hybridized carbons (Fsp3) is 0.421. The van der Waals surface area contributed by atoms with Crippen LogP contribution in [0.3, 0.4) is 0 Å². The predicted molar refractivity (Wildman–Crippen MR) is 91.6 cm³/mol. The molecule has 5 heteroatoms. The van der Waals surface area contributed by atoms with Crippen molar-refractivity contribution in [2.45, 2.75) is 52.9 Å². The number of unbranched alkanes of at least 4 members (excludes halogenated alkanes) is 3. The van der Waals surface area contributed by atoms with Crippen molar-refractivity contribution in [3.8, 4) is 5.75 Å². The molecule has 0 spiro atoms. The number of Topliss-reactive ketones (excluding diaryl/α,β-unsaturated/α-hetero) is 1. The summed E-state index contributed by atoms with van der Waals surface area (Å²) in [5, 5.41) is 0.654. The van der Waals surface area contributed by atoms with Crippen LogP contribution in [0.2, 0.25) is 0 Å². The Morgan fingerprint density at radius 1 is 1.08 bits per heavy atom. The summed E-state index contributed by atoms with van der Waals surface area (Å²) in [7, 11) is 0. The third-order valence-corrected chi connectivity index (χ3v) is 3.85. The van der Waals surface area contributed by atoms with Crippen LogP contribution in [0.1, 0.15) is 62.4 Å². The van der Waals surface area contributed by atoms with Gasteiger partial charge in [-0.25, -0.2) is 4.79 Å². The number of carbonyl (C=O) groups is 2. The Morgan fingerprint density at radius 3 is 2.46 bits per heavy atom. The van der Waals surface area contributed by atoms with Gasteiger partial charge in [0, 0.05) is 18.4 Å². The number of hydrogen-bond acceptors (Lipinski definition) is 5. The van der Waals surface area contributed by atoms with Crippen molar-refractivity contribution in [1.29, 1.82) is 0 Å². The van der Waals surface area contributed by atoms with E-state index < -0.39 is 11.6 Å². The molecule has 2 aromatic rings. The first-order valence-corrected chi connectivity index (χ1v) is 8.22. The van der Waals surface area contributed by atoms with E-state index in [0.29, 0.717) is 16.7 Å². The molecule has 0 saturated heterocycles. The second-order valence-electron chi connectivity index (χ2n) is 5.91. The summed E-state index contributed by atoms with van der Waals surface area (Å²) in [6.45, 7) is 4.81. The Kier molecular flexibility index (Phi) is 5.90. The zero-order chi connectivity index (χ0) is 17.7. The zero-order valence-corrected chi connectivity index (χ0v) is 14.3. The standard InChI is InChI=1S/C19H22O5/c1-4-5-6-7-8-14-9-15-10-16(12(2)20)19(22)24-18(15)11-17(14)23-13(3)21/h9-11H,4-8H2,1-3H3. The Hall–Kier alpha value is -2.43. The molecule has 1 heterocycles. The highest BCUT2D eigenvalue weighted by molar-refractivity contribution is 5.96. The van der Waals surface area contributed by atoms with Crippen molar-refractivity contribution in [2.24, 2.45) is 0 Å². The maximum atomic E-state index is 11.8. The van der Waals surface area contributed by atoms with Crippen LogP contribution >= 0.6 is 0 Å². The van der Waals surface area contributed by atoms with Crippen LogP contribution in [0.15, 0.2) is 27.4 Å². The molecule has 0 aliphatic rings. The highest BCUT2D eigenvalue weighted by Gasteiger charge is 2.14. The van der Waals surface area contributed by atoms with E-state index in [2.05, 4.69) is 6.92 Å². The minimum Gasteiger partial charge on any atom is -0.426 e. The van der Waals surface area contributed by atoms with Gasteiger partial charge in [-0.05, 0) is 37.5 Å². The van der Waals surface area contributed by atoms with Crippen LogP contribution in [-0.4, -0.2) is 11.8 Å². The average molecular weight is 330 g/mol. The predicted octanol–water partition coefficient (Wildman–Crippen LogP) is 4.04. The molecule has 0 aliphatic carbocycles. The largest absolute Gasteiger partial charge is 0.426 e. The summed E-state index contributed by atoms with van der Waals surface area (Å²) in [6, 6.07) is 4.92. The molecule has 128 valence electrons. The summed E-state index contributed by atoms with van der Waals surface area (Å²) >= 11 is 0. The van der Waals surface area contributed by atoms with Crippen molar-refractivity contribution in [3.63, 3.8) is 0 Å². The van der Waals surface area contributed by atoms with Gasteiger partial charge < -0.3 is 9.15 Å². The van der Waals surface area contributed by atoms with Gasteiger partial charge in [-0.3, -0.25) is 9.59 Å². The highest BCUT2D eigenvalue weighted by Crippen LogP contribution is 2.28. The van der Waals surface area contributed by atoms with Gasteiger partial charge in [0.15, 0.2) is 5.78 Å². The van der Waals surface area contributed by atoms with Crippen LogP contribution in [0.5, 0.6) is 5.75 Å². The molecular formula is C19H22O5. The molecule has 0 amide bonds. The lowest BCUT2D eigenvalue weighted by Gasteiger charge is -2.11. The van der Waals surface area contributed by atoms with E-state index in [0.717, 1.165) is 37.7 Å². The van der Waals surface area contributed by atoms with Crippen molar-refractivity contribution < 1.29 is 18.7 Å². The van der Waals surface area contributed by atoms with E-state index in [1.807, 2.05) is 6.07 Å². The fourth-order valence-corrected chi connectivity index (χ4v) is 2.63. The van der Waals surface area contributed by atoms with E-state index in [1.54, 1.807) is 6.07 Å². The molecule has 1 aromatic carbocycles. The summed E-state index contributed by atoms with van der Waals surface area (Å²) in [4.78, 5) is 34.7. The number of ketones is 1. The number of carbonyl (C=O) groups excluding carboxylic acids is 2. The Balaban J connectivity index is 2.46. The molecule has 0 aliphatic heterocycles. The molecule has 24 heavy (non-hydrogen) atoms. The molecular weight excluding hydrogens is 308 g/mol. The van der Waals surface area contributed by atoms with Crippen molar-refractivity contribution in [3.05, 3.63) is 39.7 Å². The lowest BCUT2D eigenvalue weighted by Crippen LogP contribution is -2.11. The lowest BCUT2D eigenvalue weighted by molar-refractivity contribution is -0.131. The van der Waals surface area contributed by atoms with Gasteiger partial charge in [-0.15, -0.1) is 0 Å². The van der Waals surface area contributed by atoms with Gasteiger partial charge in [0.1, 0.15) is 16.9 Å². The monoisotopic (exact) mass is 330 g/mol. The molecule has 0 saturated carbocycles. The topological polar surface area (TPSA) is 73.6 Å². The van der Waals surface area contributed by atoms with E-state index >= 15 is 0 Å². The number of rotatable bonds is 7. The summed E-state index contributed by atoms with van der Waals surface area (Å²) in [6.07, 6.45) is 5.12. The summed E-state index contributed by atoms with van der Waals surface area (Å²) in [5.74, 6) is -0.351. The lowest BCUT2D eigenvalue weighted by atomic mass is 10.0. The number of benzene rings is 1. The van der Waals surface area contributed by atoms with Gasteiger partial charge >= 0.3 is 11.6 Å². The van der Waals surface area contributed by atoms with Gasteiger partial charge in [-0.2, -0.15) is 0 Å². The second-order valence-corrected chi connectivity index (χ2v) is 5.91. The molecule has 0 radical (unpaired) electrons. The molecule has 0 unspecified atom stereocenters. The molecule has 0 N–H and O–H groups in total. The minimum absolute atomic E-state index is 0.0275. The Morgan fingerprint density at radius 2 is 1.83 bits per heavy atom. The van der Waals surface area contributed by atoms with E-state index in [4.69, 9.17) is 9.15 Å². The zero-order valence-electron chi connectivity index (χ0n) is 14.3. The van der Waals surface area contributed by atoms with Gasteiger partial charge in [0.2, 0.25) is 0 Å². The first-order valence-electron chi connectivity index (χ1n) is 8.22. The van der Waals surface area contributed by atoms with Crippen molar-refractivity contribution in [2.75, 3.05) is 0 Å². The maximum Gasteiger partial charge on any atom is 0.347 e. The van der Waals surface area contributed by atoms with Crippen molar-refractivity contribution >= 4 is 22.7 Å². The third-order valence-electron chi connectivity index (χ3n) is 3.85. The van der Waals surface area contributed by atoms with E-state index in [9.17, 15) is 14.4 Å². The van der Waals surface area contributed by atoms with E-state index in [-0.39, 0.29) is 11.3 Å². The Bertz CT molecular complexity index is 816. The van der Waals surface area contributed by atoms with Crippen LogP contribution in [0.4, 0.5) is 0 Å². The maximum absolute atomic E-state index is 11.8. The first kappa shape index (κ1) is 17.9. The molecule has 0 bridgehead atoms. The molecule has 5 nitrogen and oxygen atoms in total. The fourth-order valence-electron chi connectivity index (χ4n) is 2.63. The number of hydrogen-bond donors (Lipinski definition) is 0. The number of esters is 1. The van der Waals surface area contributed by atoms with Crippen LogP contribution in [0.25, 0.3) is 11.0 Å². The van der Waals surface area contributed by atoms with Crippen LogP contribution in [-0.2, 0) is 11.2 Å². The number of aryl methyl sites for hydroxylation is 1. The molecule has 0 atom stereocenters. The first-order chi connectivity index (χ1) is 11.4. The molecule has 1 aromatic heterocycles. The highest BCUT2D eigenvalue weighted by atomic mass is 16.5. The van der Waals surface area contributed by atoms with Gasteiger partial charge in [0.05, 0.1) is 0 Å². The van der Waals surface area contributed by atoms with Gasteiger partial charge in [0.25, 0.3) is 0 Å². The normalized spacial score (nSPS) is 10.8. The SMILES string of the molecule is CCCCCCc1cc2cc(C(C)=O)c(=O)oc2cc1OC(C)=O. The second kappa shape index (κ2) is 7.90. The van der Waals surface area contributed by atoms with Crippen molar-refractivity contribution in [1.82, 2.24) is 0 Å². The third kappa shape index (κ3) is 4.31.